The van der Waals surface area contributed by atoms with E-state index in [4.69, 9.17) is 14.0 Å². The minimum absolute atomic E-state index is 0.141. The smallest absolute Gasteiger partial charge is 0.338 e. The molecule has 0 aliphatic rings. The highest BCUT2D eigenvalue weighted by atomic mass is 32.1. The first kappa shape index (κ1) is 19.5. The molecule has 0 bridgehead atoms. The van der Waals surface area contributed by atoms with Crippen LogP contribution in [0.1, 0.15) is 22.1 Å². The fraction of sp³-hybridized carbons (Fsp3) is 0.158. The molecule has 4 rings (SSSR count). The number of rotatable bonds is 7. The molecule has 0 aliphatic carbocycles. The van der Waals surface area contributed by atoms with Crippen molar-refractivity contribution in [3.05, 3.63) is 59.7 Å². The minimum atomic E-state index is -0.626. The van der Waals surface area contributed by atoms with Gasteiger partial charge in [-0.25, -0.2) is 4.79 Å². The molecule has 0 atom stereocenters. The van der Waals surface area contributed by atoms with Crippen LogP contribution < -0.4 is 10.1 Å². The first-order chi connectivity index (χ1) is 14.6. The molecule has 1 N–H and O–H groups in total. The Morgan fingerprint density at radius 3 is 2.73 bits per heavy atom. The number of anilines is 1. The summed E-state index contributed by atoms with van der Waals surface area (Å²) in [4.78, 5) is 28.3. The van der Waals surface area contributed by atoms with Crippen LogP contribution in [0.3, 0.4) is 0 Å². The van der Waals surface area contributed by atoms with Crippen molar-refractivity contribution in [1.29, 1.82) is 0 Å². The number of nitrogens with zero attached hydrogens (tertiary/aromatic N) is 4. The summed E-state index contributed by atoms with van der Waals surface area (Å²) in [5.74, 6) is 0.303. The number of hydrogen-bond acceptors (Lipinski definition) is 10. The molecule has 0 unspecified atom stereocenters. The monoisotopic (exact) mass is 425 g/mol. The highest BCUT2D eigenvalue weighted by Crippen LogP contribution is 2.21. The Hall–Kier alpha value is -3.86. The number of benzene rings is 2. The van der Waals surface area contributed by atoms with Crippen LogP contribution in [0.5, 0.6) is 5.75 Å². The first-order valence-corrected chi connectivity index (χ1v) is 9.52. The number of fused-ring (bicyclic) bond motifs is 1. The second-order valence-electron chi connectivity index (χ2n) is 6.10. The van der Waals surface area contributed by atoms with Gasteiger partial charge in [0.2, 0.25) is 11.7 Å². The van der Waals surface area contributed by atoms with Crippen LogP contribution in [0.2, 0.25) is 0 Å². The van der Waals surface area contributed by atoms with Gasteiger partial charge in [-0.1, -0.05) is 11.2 Å². The Morgan fingerprint density at radius 2 is 1.97 bits per heavy atom. The molecule has 0 spiro atoms. The van der Waals surface area contributed by atoms with Crippen LogP contribution in [-0.4, -0.2) is 37.4 Å². The molecule has 0 saturated heterocycles. The topological polar surface area (TPSA) is 129 Å². The Bertz CT molecular complexity index is 1190. The lowest BCUT2D eigenvalue weighted by molar-refractivity contribution is -0.119. The van der Waals surface area contributed by atoms with Gasteiger partial charge in [0.1, 0.15) is 16.8 Å². The molecule has 11 heteroatoms. The summed E-state index contributed by atoms with van der Waals surface area (Å²) in [6.45, 7) is 1.40. The molecule has 1 amide bonds. The molecular formula is C19H15N5O5S. The summed E-state index contributed by atoms with van der Waals surface area (Å²) >= 11 is 1.06. The average molecular weight is 425 g/mol. The lowest BCUT2D eigenvalue weighted by Crippen LogP contribution is -2.21. The van der Waals surface area contributed by atoms with Gasteiger partial charge in [-0.2, -0.15) is 13.7 Å². The van der Waals surface area contributed by atoms with E-state index in [0.29, 0.717) is 34.2 Å². The third kappa shape index (κ3) is 4.58. The summed E-state index contributed by atoms with van der Waals surface area (Å²) < 4.78 is 23.7. The summed E-state index contributed by atoms with van der Waals surface area (Å²) in [5, 5.41) is 6.40. The number of ether oxygens (including phenoxy) is 2. The van der Waals surface area contributed by atoms with Crippen LogP contribution in [0, 0.1) is 6.92 Å². The maximum absolute atomic E-state index is 12.2. The number of hydrogen-bond donors (Lipinski definition) is 1. The molecule has 2 aromatic heterocycles. The zero-order valence-electron chi connectivity index (χ0n) is 15.7. The third-order valence-electron chi connectivity index (χ3n) is 3.92. The summed E-state index contributed by atoms with van der Waals surface area (Å²) in [6, 6.07) is 11.6. The first-order valence-electron chi connectivity index (χ1n) is 8.79. The van der Waals surface area contributed by atoms with Crippen molar-refractivity contribution in [1.82, 2.24) is 18.9 Å². The fourth-order valence-electron chi connectivity index (χ4n) is 2.54. The SMILES string of the molecule is Cc1nc(COc2ccc(C(=O)OCC(=O)Nc3cccc4nsnc34)cc2)no1. The summed E-state index contributed by atoms with van der Waals surface area (Å²) in [7, 11) is 0. The molecule has 30 heavy (non-hydrogen) atoms. The molecule has 0 saturated carbocycles. The average Bonchev–Trinajstić information content (AvgIpc) is 3.40. The van der Waals surface area contributed by atoms with Crippen molar-refractivity contribution in [2.45, 2.75) is 13.5 Å². The third-order valence-corrected chi connectivity index (χ3v) is 4.46. The Kier molecular flexibility index (Phi) is 5.61. The van der Waals surface area contributed by atoms with Crippen molar-refractivity contribution in [3.8, 4) is 5.75 Å². The van der Waals surface area contributed by atoms with Gasteiger partial charge in [-0.15, -0.1) is 0 Å². The van der Waals surface area contributed by atoms with Gasteiger partial charge in [-0.05, 0) is 36.4 Å². The van der Waals surface area contributed by atoms with E-state index in [2.05, 4.69) is 24.2 Å². The van der Waals surface area contributed by atoms with E-state index in [-0.39, 0.29) is 12.2 Å². The molecule has 4 aromatic rings. The lowest BCUT2D eigenvalue weighted by Gasteiger charge is -2.08. The molecule has 0 radical (unpaired) electrons. The lowest BCUT2D eigenvalue weighted by atomic mass is 10.2. The van der Waals surface area contributed by atoms with Gasteiger partial charge in [0.25, 0.3) is 5.91 Å². The van der Waals surface area contributed by atoms with Crippen LogP contribution >= 0.6 is 11.7 Å². The molecule has 152 valence electrons. The Labute approximate surface area is 174 Å². The van der Waals surface area contributed by atoms with Gasteiger partial charge < -0.3 is 19.3 Å². The molecular weight excluding hydrogens is 410 g/mol. The number of aryl methyl sites for hydroxylation is 1. The van der Waals surface area contributed by atoms with Crippen LogP contribution in [0.25, 0.3) is 11.0 Å². The predicted molar refractivity (Wildman–Crippen MR) is 106 cm³/mol. The zero-order valence-corrected chi connectivity index (χ0v) is 16.5. The van der Waals surface area contributed by atoms with Gasteiger partial charge in [0.15, 0.2) is 13.2 Å². The van der Waals surface area contributed by atoms with Gasteiger partial charge in [0.05, 0.1) is 23.0 Å². The van der Waals surface area contributed by atoms with Crippen molar-refractivity contribution < 1.29 is 23.6 Å². The highest BCUT2D eigenvalue weighted by molar-refractivity contribution is 7.00. The van der Waals surface area contributed by atoms with Crippen LogP contribution in [0.4, 0.5) is 5.69 Å². The van der Waals surface area contributed by atoms with Gasteiger partial charge in [-0.3, -0.25) is 4.79 Å². The largest absolute Gasteiger partial charge is 0.485 e. The van der Waals surface area contributed by atoms with E-state index >= 15 is 0 Å². The number of carbonyl (C=O) groups excluding carboxylic acids is 2. The number of nitrogens with one attached hydrogen (secondary N) is 1. The van der Waals surface area contributed by atoms with Crippen molar-refractivity contribution in [2.75, 3.05) is 11.9 Å². The van der Waals surface area contributed by atoms with E-state index in [0.717, 1.165) is 11.7 Å². The number of carbonyl (C=O) groups is 2. The number of esters is 1. The minimum Gasteiger partial charge on any atom is -0.485 e. The summed E-state index contributed by atoms with van der Waals surface area (Å²) in [6.07, 6.45) is 0. The summed E-state index contributed by atoms with van der Waals surface area (Å²) in [5.41, 5.74) is 2.08. The highest BCUT2D eigenvalue weighted by Gasteiger charge is 2.13. The molecule has 0 fully saturated rings. The van der Waals surface area contributed by atoms with Crippen molar-refractivity contribution in [2.24, 2.45) is 0 Å². The maximum atomic E-state index is 12.2. The van der Waals surface area contributed by atoms with Crippen molar-refractivity contribution >= 4 is 40.3 Å². The van der Waals surface area contributed by atoms with E-state index in [1.807, 2.05) is 0 Å². The molecule has 0 aliphatic heterocycles. The molecule has 10 nitrogen and oxygen atoms in total. The maximum Gasteiger partial charge on any atom is 0.338 e. The van der Waals surface area contributed by atoms with E-state index < -0.39 is 18.5 Å². The van der Waals surface area contributed by atoms with Crippen molar-refractivity contribution in [3.63, 3.8) is 0 Å². The molecule has 2 heterocycles. The normalized spacial score (nSPS) is 10.7. The van der Waals surface area contributed by atoms with E-state index in [1.54, 1.807) is 49.4 Å². The van der Waals surface area contributed by atoms with Gasteiger partial charge in [0, 0.05) is 6.92 Å². The number of amides is 1. The van der Waals surface area contributed by atoms with Crippen LogP contribution in [0.15, 0.2) is 47.0 Å². The van der Waals surface area contributed by atoms with Crippen LogP contribution in [-0.2, 0) is 16.1 Å². The Morgan fingerprint density at radius 1 is 1.13 bits per heavy atom. The fourth-order valence-corrected chi connectivity index (χ4v) is 3.09. The van der Waals surface area contributed by atoms with Gasteiger partial charge >= 0.3 is 5.97 Å². The zero-order chi connectivity index (χ0) is 20.9. The second kappa shape index (κ2) is 8.66. The molecule has 2 aromatic carbocycles. The quantitative estimate of drug-likeness (QED) is 0.444. The number of aromatic nitrogens is 4. The predicted octanol–water partition coefficient (Wildman–Crippen LogP) is 2.76. The van der Waals surface area contributed by atoms with E-state index in [1.165, 1.54) is 0 Å². The second-order valence-corrected chi connectivity index (χ2v) is 6.63. The Balaban J connectivity index is 1.28. The van der Waals surface area contributed by atoms with E-state index in [9.17, 15) is 9.59 Å². The standard InChI is InChI=1S/C19H15N5O5S/c1-11-20-16(22-29-11)9-27-13-7-5-12(6-8-13)19(26)28-10-17(25)21-14-3-2-4-15-18(14)24-30-23-15/h2-8H,9-10H2,1H3,(H,21,25).